The van der Waals surface area contributed by atoms with E-state index in [4.69, 9.17) is 10.00 Å². The number of pyridine rings is 1. The van der Waals surface area contributed by atoms with Crippen molar-refractivity contribution >= 4 is 0 Å². The van der Waals surface area contributed by atoms with Crippen LogP contribution >= 0.6 is 0 Å². The third-order valence-electron chi connectivity index (χ3n) is 2.80. The van der Waals surface area contributed by atoms with Gasteiger partial charge in [0, 0.05) is 6.07 Å². The normalized spacial score (nSPS) is 9.89. The molecule has 3 nitrogen and oxygen atoms in total. The van der Waals surface area contributed by atoms with Crippen LogP contribution in [-0.4, -0.2) is 4.98 Å². The Bertz CT molecular complexity index is 570. The smallest absolute Gasteiger partial charge is 0.220 e. The second kappa shape index (κ2) is 6.55. The van der Waals surface area contributed by atoms with E-state index in [2.05, 4.69) is 24.0 Å². The number of rotatable bonds is 5. The van der Waals surface area contributed by atoms with Crippen molar-refractivity contribution in [3.8, 4) is 17.7 Å². The van der Waals surface area contributed by atoms with E-state index in [1.807, 2.05) is 18.2 Å². The lowest BCUT2D eigenvalue weighted by Crippen LogP contribution is -1.90. The summed E-state index contributed by atoms with van der Waals surface area (Å²) in [7, 11) is 0. The molecule has 1 aromatic carbocycles. The minimum Gasteiger partial charge on any atom is -0.439 e. The van der Waals surface area contributed by atoms with E-state index >= 15 is 0 Å². The largest absolute Gasteiger partial charge is 0.439 e. The number of hydrogen-bond acceptors (Lipinski definition) is 3. The van der Waals surface area contributed by atoms with E-state index in [1.165, 1.54) is 18.4 Å². The first-order chi connectivity index (χ1) is 9.31. The van der Waals surface area contributed by atoms with E-state index in [9.17, 15) is 0 Å². The van der Waals surface area contributed by atoms with Crippen molar-refractivity contribution in [1.82, 2.24) is 4.98 Å². The number of unbranched alkanes of at least 4 members (excludes halogenated alkanes) is 1. The predicted molar refractivity (Wildman–Crippen MR) is 74.1 cm³/mol. The number of hydrogen-bond donors (Lipinski definition) is 0. The number of aromatic nitrogens is 1. The number of nitriles is 1. The van der Waals surface area contributed by atoms with Crippen molar-refractivity contribution in [3.63, 3.8) is 0 Å². The van der Waals surface area contributed by atoms with Crippen molar-refractivity contribution < 1.29 is 4.74 Å². The Kier molecular flexibility index (Phi) is 4.52. The quantitative estimate of drug-likeness (QED) is 0.805. The third kappa shape index (κ3) is 3.82. The molecule has 0 aliphatic heterocycles. The van der Waals surface area contributed by atoms with Gasteiger partial charge in [-0.2, -0.15) is 5.26 Å². The molecule has 0 N–H and O–H groups in total. The summed E-state index contributed by atoms with van der Waals surface area (Å²) in [6, 6.07) is 15.2. The maximum absolute atomic E-state index is 8.78. The average Bonchev–Trinajstić information content (AvgIpc) is 2.47. The van der Waals surface area contributed by atoms with Gasteiger partial charge in [0.2, 0.25) is 5.88 Å². The van der Waals surface area contributed by atoms with Gasteiger partial charge in [0.15, 0.2) is 0 Å². The van der Waals surface area contributed by atoms with E-state index in [0.29, 0.717) is 11.6 Å². The first-order valence-electron chi connectivity index (χ1n) is 6.46. The summed E-state index contributed by atoms with van der Waals surface area (Å²) in [6.07, 6.45) is 3.49. The van der Waals surface area contributed by atoms with Crippen LogP contribution in [0.1, 0.15) is 31.0 Å². The molecule has 0 atom stereocenters. The van der Waals surface area contributed by atoms with Crippen molar-refractivity contribution in [2.24, 2.45) is 0 Å². The predicted octanol–water partition coefficient (Wildman–Crippen LogP) is 4.09. The minimum absolute atomic E-state index is 0.358. The first kappa shape index (κ1) is 13.1. The zero-order chi connectivity index (χ0) is 13.5. The summed E-state index contributed by atoms with van der Waals surface area (Å²) in [5.41, 5.74) is 1.67. The van der Waals surface area contributed by atoms with E-state index < -0.39 is 0 Å². The Morgan fingerprint density at radius 2 is 1.95 bits per heavy atom. The second-order valence-corrected chi connectivity index (χ2v) is 4.32. The second-order valence-electron chi connectivity index (χ2n) is 4.32. The van der Waals surface area contributed by atoms with Gasteiger partial charge >= 0.3 is 0 Å². The molecule has 0 saturated heterocycles. The third-order valence-corrected chi connectivity index (χ3v) is 2.80. The molecule has 1 heterocycles. The summed E-state index contributed by atoms with van der Waals surface area (Å²) < 4.78 is 5.62. The van der Waals surface area contributed by atoms with Crippen LogP contribution in [0.15, 0.2) is 42.5 Å². The molecule has 0 aliphatic rings. The highest BCUT2D eigenvalue weighted by molar-refractivity contribution is 5.32. The molecule has 1 aromatic heterocycles. The number of aryl methyl sites for hydroxylation is 1. The van der Waals surface area contributed by atoms with Gasteiger partial charge < -0.3 is 4.74 Å². The maximum Gasteiger partial charge on any atom is 0.220 e. The molecule has 0 saturated carbocycles. The number of ether oxygens (including phenoxy) is 1. The number of benzene rings is 1. The van der Waals surface area contributed by atoms with Crippen LogP contribution in [0.5, 0.6) is 11.6 Å². The van der Waals surface area contributed by atoms with Gasteiger partial charge in [-0.1, -0.05) is 31.5 Å². The topological polar surface area (TPSA) is 45.9 Å². The summed E-state index contributed by atoms with van der Waals surface area (Å²) >= 11 is 0. The van der Waals surface area contributed by atoms with Gasteiger partial charge in [0.25, 0.3) is 0 Å². The van der Waals surface area contributed by atoms with E-state index in [1.54, 1.807) is 18.2 Å². The minimum atomic E-state index is 0.358. The van der Waals surface area contributed by atoms with Crippen LogP contribution in [0.4, 0.5) is 0 Å². The average molecular weight is 252 g/mol. The molecule has 2 aromatic rings. The Labute approximate surface area is 113 Å². The molecule has 0 aliphatic carbocycles. The van der Waals surface area contributed by atoms with Crippen molar-refractivity contribution in [3.05, 3.63) is 53.7 Å². The van der Waals surface area contributed by atoms with Gasteiger partial charge in [-0.15, -0.1) is 0 Å². The molecular formula is C16H16N2O. The van der Waals surface area contributed by atoms with E-state index in [0.717, 1.165) is 12.2 Å². The summed E-state index contributed by atoms with van der Waals surface area (Å²) in [5.74, 6) is 1.18. The molecule has 0 radical (unpaired) electrons. The highest BCUT2D eigenvalue weighted by Crippen LogP contribution is 2.20. The van der Waals surface area contributed by atoms with Gasteiger partial charge in [-0.25, -0.2) is 4.98 Å². The fourth-order valence-corrected chi connectivity index (χ4v) is 1.76. The maximum atomic E-state index is 8.78. The van der Waals surface area contributed by atoms with Gasteiger partial charge in [0.05, 0.1) is 0 Å². The zero-order valence-electron chi connectivity index (χ0n) is 11.0. The van der Waals surface area contributed by atoms with Crippen LogP contribution < -0.4 is 4.74 Å². The Hall–Kier alpha value is -2.34. The monoisotopic (exact) mass is 252 g/mol. The lowest BCUT2D eigenvalue weighted by molar-refractivity contribution is 0.462. The molecule has 0 bridgehead atoms. The van der Waals surface area contributed by atoms with Crippen LogP contribution in [0, 0.1) is 11.3 Å². The first-order valence-corrected chi connectivity index (χ1v) is 6.46. The number of nitrogens with zero attached hydrogens (tertiary/aromatic N) is 2. The Morgan fingerprint density at radius 1 is 1.16 bits per heavy atom. The fraction of sp³-hybridized carbons (Fsp3) is 0.250. The molecule has 3 heteroatoms. The van der Waals surface area contributed by atoms with Gasteiger partial charge in [-0.3, -0.25) is 0 Å². The highest BCUT2D eigenvalue weighted by Gasteiger charge is 2.00. The molecular weight excluding hydrogens is 236 g/mol. The summed E-state index contributed by atoms with van der Waals surface area (Å²) in [6.45, 7) is 2.19. The van der Waals surface area contributed by atoms with Gasteiger partial charge in [-0.05, 0) is 36.6 Å². The molecule has 0 amide bonds. The summed E-state index contributed by atoms with van der Waals surface area (Å²) in [5, 5.41) is 8.78. The molecule has 0 unspecified atom stereocenters. The fourth-order valence-electron chi connectivity index (χ4n) is 1.76. The van der Waals surface area contributed by atoms with Crippen LogP contribution in [0.2, 0.25) is 0 Å². The highest BCUT2D eigenvalue weighted by atomic mass is 16.5. The lowest BCUT2D eigenvalue weighted by atomic mass is 10.1. The molecule has 19 heavy (non-hydrogen) atoms. The standard InChI is InChI=1S/C16H16N2O/c1-2-3-5-13-8-10-15(11-9-13)19-16-7-4-6-14(12-17)18-16/h4,6-11H,2-3,5H2,1H3. The lowest BCUT2D eigenvalue weighted by Gasteiger charge is -2.06. The Balaban J connectivity index is 2.04. The van der Waals surface area contributed by atoms with Crippen molar-refractivity contribution in [2.45, 2.75) is 26.2 Å². The molecule has 0 spiro atoms. The van der Waals surface area contributed by atoms with Crippen LogP contribution in [-0.2, 0) is 6.42 Å². The van der Waals surface area contributed by atoms with Crippen LogP contribution in [0.3, 0.4) is 0 Å². The Morgan fingerprint density at radius 3 is 2.63 bits per heavy atom. The zero-order valence-corrected chi connectivity index (χ0v) is 11.0. The molecule has 96 valence electrons. The van der Waals surface area contributed by atoms with Gasteiger partial charge in [0.1, 0.15) is 17.5 Å². The molecule has 2 rings (SSSR count). The molecule has 0 fully saturated rings. The van der Waals surface area contributed by atoms with Crippen molar-refractivity contribution in [2.75, 3.05) is 0 Å². The summed E-state index contributed by atoms with van der Waals surface area (Å²) in [4.78, 5) is 4.08. The SMILES string of the molecule is CCCCc1ccc(Oc2cccc(C#N)n2)cc1. The van der Waals surface area contributed by atoms with Crippen molar-refractivity contribution in [1.29, 1.82) is 5.26 Å². The van der Waals surface area contributed by atoms with Crippen LogP contribution in [0.25, 0.3) is 0 Å². The van der Waals surface area contributed by atoms with E-state index in [-0.39, 0.29) is 0 Å².